The number of anilines is 3. The standard InChI is InChI=1S/C27H23NO6/c1-4-25(29)32-22-15-13-19(14-16-22)28(20-9-7-11-23(17-20)33-26(30)5-2)21-10-8-12-24(18-21)34-27(31)6-3/h4-5,7-18H,1-2,6H2,3H3. The minimum atomic E-state index is -0.578. The van der Waals surface area contributed by atoms with Crippen LogP contribution >= 0.6 is 0 Å². The number of ether oxygens (including phenoxy) is 3. The fraction of sp³-hybridized carbons (Fsp3) is 0.0741. The lowest BCUT2D eigenvalue weighted by atomic mass is 10.1. The van der Waals surface area contributed by atoms with Gasteiger partial charge in [-0.2, -0.15) is 0 Å². The second-order valence-corrected chi connectivity index (χ2v) is 6.90. The van der Waals surface area contributed by atoms with Crippen LogP contribution in [-0.4, -0.2) is 17.9 Å². The molecule has 0 saturated carbocycles. The number of carbonyl (C=O) groups excluding carboxylic acids is 3. The highest BCUT2D eigenvalue weighted by molar-refractivity contribution is 5.85. The van der Waals surface area contributed by atoms with Crippen molar-refractivity contribution in [2.45, 2.75) is 13.3 Å². The van der Waals surface area contributed by atoms with Gasteiger partial charge in [0, 0.05) is 47.8 Å². The zero-order valence-electron chi connectivity index (χ0n) is 18.6. The zero-order valence-corrected chi connectivity index (χ0v) is 18.6. The van der Waals surface area contributed by atoms with E-state index in [9.17, 15) is 14.4 Å². The largest absolute Gasteiger partial charge is 0.426 e. The van der Waals surface area contributed by atoms with E-state index in [1.54, 1.807) is 67.6 Å². The van der Waals surface area contributed by atoms with Crippen LogP contribution in [0.15, 0.2) is 98.1 Å². The third-order valence-corrected chi connectivity index (χ3v) is 4.54. The van der Waals surface area contributed by atoms with Crippen LogP contribution in [-0.2, 0) is 14.4 Å². The maximum absolute atomic E-state index is 11.8. The van der Waals surface area contributed by atoms with Gasteiger partial charge in [-0.1, -0.05) is 32.2 Å². The first-order valence-electron chi connectivity index (χ1n) is 10.4. The van der Waals surface area contributed by atoms with E-state index in [-0.39, 0.29) is 12.4 Å². The fourth-order valence-electron chi connectivity index (χ4n) is 3.00. The van der Waals surface area contributed by atoms with E-state index in [2.05, 4.69) is 13.2 Å². The first-order valence-corrected chi connectivity index (χ1v) is 10.4. The molecule has 3 rings (SSSR count). The van der Waals surface area contributed by atoms with Crippen molar-refractivity contribution in [1.82, 2.24) is 0 Å². The lowest BCUT2D eigenvalue weighted by Gasteiger charge is -2.26. The van der Waals surface area contributed by atoms with E-state index < -0.39 is 11.9 Å². The summed E-state index contributed by atoms with van der Waals surface area (Å²) >= 11 is 0. The summed E-state index contributed by atoms with van der Waals surface area (Å²) in [6.45, 7) is 8.52. The molecule has 172 valence electrons. The van der Waals surface area contributed by atoms with Gasteiger partial charge in [-0.25, -0.2) is 9.59 Å². The predicted molar refractivity (Wildman–Crippen MR) is 129 cm³/mol. The molecule has 0 bridgehead atoms. The van der Waals surface area contributed by atoms with Crippen LogP contribution in [0.25, 0.3) is 0 Å². The quantitative estimate of drug-likeness (QED) is 0.233. The lowest BCUT2D eigenvalue weighted by molar-refractivity contribution is -0.134. The van der Waals surface area contributed by atoms with Gasteiger partial charge in [-0.3, -0.25) is 4.79 Å². The molecule has 0 aliphatic carbocycles. The van der Waals surface area contributed by atoms with Crippen molar-refractivity contribution >= 4 is 35.0 Å². The van der Waals surface area contributed by atoms with Crippen molar-refractivity contribution in [3.8, 4) is 17.2 Å². The number of esters is 3. The van der Waals surface area contributed by atoms with Crippen molar-refractivity contribution in [3.05, 3.63) is 98.1 Å². The van der Waals surface area contributed by atoms with Crippen LogP contribution < -0.4 is 19.1 Å². The summed E-state index contributed by atoms with van der Waals surface area (Å²) in [5.74, 6) is -0.418. The Morgan fingerprint density at radius 3 is 1.71 bits per heavy atom. The van der Waals surface area contributed by atoms with E-state index in [1.165, 1.54) is 0 Å². The molecule has 0 saturated heterocycles. The normalized spacial score (nSPS) is 10.0. The zero-order chi connectivity index (χ0) is 24.5. The van der Waals surface area contributed by atoms with Crippen molar-refractivity contribution in [2.75, 3.05) is 4.90 Å². The summed E-state index contributed by atoms with van der Waals surface area (Å²) in [5.41, 5.74) is 2.07. The Bertz CT molecular complexity index is 1220. The van der Waals surface area contributed by atoms with Gasteiger partial charge in [0.15, 0.2) is 0 Å². The molecule has 7 nitrogen and oxygen atoms in total. The number of benzene rings is 3. The lowest BCUT2D eigenvalue weighted by Crippen LogP contribution is -2.12. The molecule has 0 atom stereocenters. The van der Waals surface area contributed by atoms with Gasteiger partial charge in [0.1, 0.15) is 17.2 Å². The molecule has 0 spiro atoms. The third kappa shape index (κ3) is 6.20. The van der Waals surface area contributed by atoms with Crippen LogP contribution in [0.2, 0.25) is 0 Å². The van der Waals surface area contributed by atoms with Crippen molar-refractivity contribution in [3.63, 3.8) is 0 Å². The maximum atomic E-state index is 11.8. The highest BCUT2D eigenvalue weighted by Crippen LogP contribution is 2.38. The number of carbonyl (C=O) groups is 3. The summed E-state index contributed by atoms with van der Waals surface area (Å²) in [6.07, 6.45) is 2.41. The van der Waals surface area contributed by atoms with Crippen molar-refractivity contribution < 1.29 is 28.6 Å². The van der Waals surface area contributed by atoms with Gasteiger partial charge in [0.25, 0.3) is 0 Å². The second-order valence-electron chi connectivity index (χ2n) is 6.90. The van der Waals surface area contributed by atoms with Crippen LogP contribution in [0.1, 0.15) is 13.3 Å². The molecular formula is C27H23NO6. The van der Waals surface area contributed by atoms with Gasteiger partial charge in [-0.05, 0) is 48.5 Å². The topological polar surface area (TPSA) is 82.1 Å². The minimum Gasteiger partial charge on any atom is -0.426 e. The number of hydrogen-bond donors (Lipinski definition) is 0. The minimum absolute atomic E-state index is 0.246. The number of hydrogen-bond acceptors (Lipinski definition) is 7. The molecule has 0 N–H and O–H groups in total. The average molecular weight is 457 g/mol. The first kappa shape index (κ1) is 24.0. The molecule has 3 aromatic carbocycles. The molecule has 0 aliphatic heterocycles. The molecule has 0 heterocycles. The Labute approximate surface area is 197 Å². The summed E-state index contributed by atoms with van der Waals surface area (Å²) in [7, 11) is 0. The molecule has 0 fully saturated rings. The smallest absolute Gasteiger partial charge is 0.335 e. The van der Waals surface area contributed by atoms with Gasteiger partial charge in [0.2, 0.25) is 0 Å². The van der Waals surface area contributed by atoms with E-state index in [0.717, 1.165) is 12.2 Å². The fourth-order valence-corrected chi connectivity index (χ4v) is 3.00. The summed E-state index contributed by atoms with van der Waals surface area (Å²) in [6, 6.07) is 20.8. The van der Waals surface area contributed by atoms with Crippen molar-refractivity contribution in [1.29, 1.82) is 0 Å². The van der Waals surface area contributed by atoms with Gasteiger partial charge < -0.3 is 19.1 Å². The van der Waals surface area contributed by atoms with Crippen LogP contribution in [0.5, 0.6) is 17.2 Å². The highest BCUT2D eigenvalue weighted by Gasteiger charge is 2.16. The van der Waals surface area contributed by atoms with Gasteiger partial charge >= 0.3 is 17.9 Å². The SMILES string of the molecule is C=CC(=O)Oc1ccc(N(c2cccc(OC(=O)C=C)c2)c2cccc(OC(=O)CC)c2)cc1. The predicted octanol–water partition coefficient (Wildman–Crippen LogP) is 5.65. The monoisotopic (exact) mass is 457 g/mol. The first-order chi connectivity index (χ1) is 16.4. The molecule has 0 aliphatic rings. The van der Waals surface area contributed by atoms with Crippen LogP contribution in [0, 0.1) is 0 Å². The van der Waals surface area contributed by atoms with Crippen molar-refractivity contribution in [2.24, 2.45) is 0 Å². The van der Waals surface area contributed by atoms with E-state index in [4.69, 9.17) is 14.2 Å². The highest BCUT2D eigenvalue weighted by atomic mass is 16.5. The molecule has 0 unspecified atom stereocenters. The Morgan fingerprint density at radius 1 is 0.706 bits per heavy atom. The summed E-state index contributed by atoms with van der Waals surface area (Å²) < 4.78 is 15.8. The molecule has 7 heteroatoms. The average Bonchev–Trinajstić information content (AvgIpc) is 2.85. The Balaban J connectivity index is 2.05. The number of nitrogens with zero attached hydrogens (tertiary/aromatic N) is 1. The summed E-state index contributed by atoms with van der Waals surface area (Å²) in [4.78, 5) is 36.8. The third-order valence-electron chi connectivity index (χ3n) is 4.54. The molecular weight excluding hydrogens is 434 g/mol. The van der Waals surface area contributed by atoms with E-state index >= 15 is 0 Å². The molecule has 0 aromatic heterocycles. The van der Waals surface area contributed by atoms with Crippen LogP contribution in [0.4, 0.5) is 17.1 Å². The Kier molecular flexibility index (Phi) is 7.97. The number of rotatable bonds is 9. The Hall–Kier alpha value is -4.65. The van der Waals surface area contributed by atoms with Gasteiger partial charge in [-0.15, -0.1) is 0 Å². The summed E-state index contributed by atoms with van der Waals surface area (Å²) in [5, 5.41) is 0. The molecule has 3 aromatic rings. The van der Waals surface area contributed by atoms with Gasteiger partial charge in [0.05, 0.1) is 0 Å². The second kappa shape index (κ2) is 11.3. The van der Waals surface area contributed by atoms with E-state index in [1.807, 2.05) is 17.0 Å². The van der Waals surface area contributed by atoms with Crippen LogP contribution in [0.3, 0.4) is 0 Å². The molecule has 0 amide bonds. The maximum Gasteiger partial charge on any atom is 0.335 e. The molecule has 0 radical (unpaired) electrons. The Morgan fingerprint density at radius 2 is 1.21 bits per heavy atom. The van der Waals surface area contributed by atoms with E-state index in [0.29, 0.717) is 34.3 Å². The molecule has 34 heavy (non-hydrogen) atoms.